The maximum atomic E-state index is 13.2. The van der Waals surface area contributed by atoms with Gasteiger partial charge in [-0.25, -0.2) is 9.97 Å². The van der Waals surface area contributed by atoms with Crippen LogP contribution in [0.15, 0.2) is 28.8 Å². The van der Waals surface area contributed by atoms with Crippen LogP contribution in [0.1, 0.15) is 55.9 Å². The molecular weight excluding hydrogens is 420 g/mol. The third kappa shape index (κ3) is 3.88. The quantitative estimate of drug-likeness (QED) is 0.611. The van der Waals surface area contributed by atoms with E-state index in [1.54, 1.807) is 11.1 Å². The van der Waals surface area contributed by atoms with Gasteiger partial charge in [-0.3, -0.25) is 9.59 Å². The minimum absolute atomic E-state index is 0.0339. The largest absolute Gasteiger partial charge is 0.450 e. The lowest BCUT2D eigenvalue weighted by Crippen LogP contribution is -2.41. The number of hydrogen-bond donors (Lipinski definition) is 0. The van der Waals surface area contributed by atoms with Crippen LogP contribution < -0.4 is 0 Å². The fourth-order valence-corrected chi connectivity index (χ4v) is 4.72. The third-order valence-electron chi connectivity index (χ3n) is 6.72. The summed E-state index contributed by atoms with van der Waals surface area (Å²) in [5.74, 6) is 0.969. The summed E-state index contributed by atoms with van der Waals surface area (Å²) in [4.78, 5) is 38.8. The molecule has 0 bridgehead atoms. The number of carbonyl (C=O) groups is 2. The van der Waals surface area contributed by atoms with Gasteiger partial charge in [-0.15, -0.1) is 0 Å². The number of ether oxygens (including phenoxy) is 1. The van der Waals surface area contributed by atoms with Gasteiger partial charge in [0.05, 0.1) is 24.5 Å². The highest BCUT2D eigenvalue weighted by Gasteiger charge is 2.33. The smallest absolute Gasteiger partial charge is 0.289 e. The molecule has 0 radical (unpaired) electrons. The van der Waals surface area contributed by atoms with Crippen molar-refractivity contribution in [2.24, 2.45) is 0 Å². The van der Waals surface area contributed by atoms with Crippen molar-refractivity contribution in [3.8, 4) is 0 Å². The lowest BCUT2D eigenvalue weighted by molar-refractivity contribution is 0.0301. The summed E-state index contributed by atoms with van der Waals surface area (Å²) < 4.78 is 11.3. The second kappa shape index (κ2) is 8.59. The number of benzene rings is 1. The summed E-state index contributed by atoms with van der Waals surface area (Å²) in [5, 5.41) is 0.980. The molecule has 0 spiro atoms. The van der Waals surface area contributed by atoms with Gasteiger partial charge < -0.3 is 19.0 Å². The van der Waals surface area contributed by atoms with Crippen molar-refractivity contribution in [3.63, 3.8) is 0 Å². The maximum Gasteiger partial charge on any atom is 0.289 e. The highest BCUT2D eigenvalue weighted by Crippen LogP contribution is 2.31. The van der Waals surface area contributed by atoms with Crippen molar-refractivity contribution < 1.29 is 18.7 Å². The lowest BCUT2D eigenvalue weighted by atomic mass is 10.1. The molecule has 1 aromatic carbocycles. The van der Waals surface area contributed by atoms with E-state index in [1.165, 1.54) is 0 Å². The zero-order valence-electron chi connectivity index (χ0n) is 19.3. The molecule has 2 fully saturated rings. The Balaban J connectivity index is 1.31. The van der Waals surface area contributed by atoms with Crippen molar-refractivity contribution in [1.29, 1.82) is 0 Å². The molecule has 2 aliphatic heterocycles. The van der Waals surface area contributed by atoms with Gasteiger partial charge in [0.1, 0.15) is 11.4 Å². The molecule has 2 aromatic heterocycles. The third-order valence-corrected chi connectivity index (χ3v) is 6.72. The number of fused-ring (bicyclic) bond motifs is 1. The molecule has 2 amide bonds. The molecule has 0 N–H and O–H groups in total. The van der Waals surface area contributed by atoms with Crippen LogP contribution in [0.3, 0.4) is 0 Å². The molecule has 0 aliphatic carbocycles. The van der Waals surface area contributed by atoms with Gasteiger partial charge in [0.2, 0.25) is 0 Å². The minimum atomic E-state index is -0.0959. The number of amides is 2. The Bertz CT molecular complexity index is 1230. The van der Waals surface area contributed by atoms with Crippen molar-refractivity contribution in [2.75, 3.05) is 39.4 Å². The van der Waals surface area contributed by atoms with Gasteiger partial charge in [-0.1, -0.05) is 18.2 Å². The Morgan fingerprint density at radius 3 is 2.55 bits per heavy atom. The first-order valence-corrected chi connectivity index (χ1v) is 11.4. The molecule has 4 heterocycles. The molecule has 3 aromatic rings. The first-order valence-electron chi connectivity index (χ1n) is 11.4. The van der Waals surface area contributed by atoms with Crippen LogP contribution in [0.25, 0.3) is 11.0 Å². The Morgan fingerprint density at radius 2 is 1.82 bits per heavy atom. The van der Waals surface area contributed by atoms with E-state index in [9.17, 15) is 9.59 Å². The van der Waals surface area contributed by atoms with Gasteiger partial charge in [0, 0.05) is 49.2 Å². The molecule has 2 aliphatic rings. The van der Waals surface area contributed by atoms with Gasteiger partial charge >= 0.3 is 0 Å². The Kier molecular flexibility index (Phi) is 5.62. The summed E-state index contributed by atoms with van der Waals surface area (Å²) in [5.41, 5.74) is 3.86. The van der Waals surface area contributed by atoms with Crippen LogP contribution in [0.2, 0.25) is 0 Å². The van der Waals surface area contributed by atoms with E-state index in [-0.39, 0.29) is 17.7 Å². The van der Waals surface area contributed by atoms with Gasteiger partial charge in [-0.05, 0) is 32.8 Å². The topological polar surface area (TPSA) is 88.8 Å². The van der Waals surface area contributed by atoms with Crippen LogP contribution in [0.5, 0.6) is 0 Å². The summed E-state index contributed by atoms with van der Waals surface area (Å²) in [6.07, 6.45) is 2.41. The van der Waals surface area contributed by atoms with Gasteiger partial charge in [0.15, 0.2) is 5.76 Å². The predicted molar refractivity (Wildman–Crippen MR) is 122 cm³/mol. The summed E-state index contributed by atoms with van der Waals surface area (Å²) in [7, 11) is 0. The highest BCUT2D eigenvalue weighted by molar-refractivity contribution is 5.99. The average molecular weight is 449 g/mol. The molecule has 1 unspecified atom stereocenters. The van der Waals surface area contributed by atoms with Crippen molar-refractivity contribution >= 4 is 22.8 Å². The van der Waals surface area contributed by atoms with E-state index in [4.69, 9.17) is 9.15 Å². The number of hydrogen-bond acceptors (Lipinski definition) is 6. The van der Waals surface area contributed by atoms with Gasteiger partial charge in [0.25, 0.3) is 11.8 Å². The second-order valence-electron chi connectivity index (χ2n) is 8.88. The van der Waals surface area contributed by atoms with Crippen molar-refractivity contribution in [3.05, 3.63) is 58.4 Å². The maximum absolute atomic E-state index is 13.2. The van der Waals surface area contributed by atoms with Gasteiger partial charge in [-0.2, -0.15) is 0 Å². The lowest BCUT2D eigenvalue weighted by Gasteiger charge is -2.27. The molecule has 172 valence electrons. The van der Waals surface area contributed by atoms with E-state index in [2.05, 4.69) is 9.97 Å². The zero-order valence-corrected chi connectivity index (χ0v) is 19.3. The highest BCUT2D eigenvalue weighted by atomic mass is 16.5. The number of para-hydroxylation sites is 1. The molecule has 1 atom stereocenters. The van der Waals surface area contributed by atoms with Crippen LogP contribution in [0.4, 0.5) is 0 Å². The molecule has 33 heavy (non-hydrogen) atoms. The fourth-order valence-electron chi connectivity index (χ4n) is 4.72. The Hall–Kier alpha value is -3.26. The zero-order chi connectivity index (χ0) is 23.1. The summed E-state index contributed by atoms with van der Waals surface area (Å²) >= 11 is 0. The number of furan rings is 1. The van der Waals surface area contributed by atoms with E-state index < -0.39 is 0 Å². The number of nitrogens with zero attached hydrogens (tertiary/aromatic N) is 4. The number of carbonyl (C=O) groups excluding carboxylic acids is 2. The number of aromatic nitrogens is 2. The second-order valence-corrected chi connectivity index (χ2v) is 8.88. The fraction of sp³-hybridized carbons (Fsp3) is 0.440. The van der Waals surface area contributed by atoms with E-state index in [0.29, 0.717) is 62.2 Å². The van der Waals surface area contributed by atoms with E-state index in [0.717, 1.165) is 28.5 Å². The monoisotopic (exact) mass is 448 g/mol. The molecule has 2 saturated heterocycles. The first-order chi connectivity index (χ1) is 15.9. The van der Waals surface area contributed by atoms with Crippen LogP contribution >= 0.6 is 0 Å². The summed E-state index contributed by atoms with van der Waals surface area (Å²) in [6, 6.07) is 5.95. The first kappa shape index (κ1) is 21.6. The summed E-state index contributed by atoms with van der Waals surface area (Å²) in [6.45, 7) is 9.19. The molecule has 8 heteroatoms. The van der Waals surface area contributed by atoms with Crippen molar-refractivity contribution in [2.45, 2.75) is 33.1 Å². The number of aryl methyl sites for hydroxylation is 3. The Morgan fingerprint density at radius 1 is 1.03 bits per heavy atom. The predicted octanol–water partition coefficient (Wildman–Crippen LogP) is 3.25. The number of rotatable bonds is 3. The Labute approximate surface area is 192 Å². The molecule has 0 saturated carbocycles. The van der Waals surface area contributed by atoms with E-state index in [1.807, 2.05) is 43.9 Å². The average Bonchev–Trinajstić information content (AvgIpc) is 3.45. The number of likely N-dealkylation sites (tertiary alicyclic amines) is 1. The van der Waals surface area contributed by atoms with Crippen LogP contribution in [-0.2, 0) is 4.74 Å². The number of morpholine rings is 1. The normalized spacial score (nSPS) is 18.8. The molecular formula is C25H28N4O4. The minimum Gasteiger partial charge on any atom is -0.450 e. The van der Waals surface area contributed by atoms with Crippen LogP contribution in [-0.4, -0.2) is 71.0 Å². The van der Waals surface area contributed by atoms with E-state index >= 15 is 0 Å². The van der Waals surface area contributed by atoms with Crippen LogP contribution in [0, 0.1) is 20.8 Å². The van der Waals surface area contributed by atoms with Crippen molar-refractivity contribution in [1.82, 2.24) is 19.8 Å². The molecule has 8 nitrogen and oxygen atoms in total. The standard InChI is InChI=1S/C25H28N4O4/c1-15-5-4-6-19-16(2)22(33-21(15)19)25(31)29-8-7-18(14-29)23-26-13-20(17(3)27-23)24(30)28-9-11-32-12-10-28/h4-6,13,18H,7-12,14H2,1-3H3. The molecule has 5 rings (SSSR count). The SMILES string of the molecule is Cc1nc(C2CCN(C(=O)c3oc4c(C)cccc4c3C)C2)ncc1C(=O)N1CCOCC1.